The minimum Gasteiger partial charge on any atom is -0.493 e. The maximum absolute atomic E-state index is 12.7. The van der Waals surface area contributed by atoms with Crippen molar-refractivity contribution in [2.75, 3.05) is 26.6 Å². The molecular formula is C23H19Cl2N3O4S. The molecule has 33 heavy (non-hydrogen) atoms. The van der Waals surface area contributed by atoms with Gasteiger partial charge in [-0.15, -0.1) is 11.3 Å². The highest BCUT2D eigenvalue weighted by atomic mass is 35.5. The van der Waals surface area contributed by atoms with Crippen molar-refractivity contribution >= 4 is 51.7 Å². The Morgan fingerprint density at radius 1 is 1.15 bits per heavy atom. The van der Waals surface area contributed by atoms with Gasteiger partial charge in [-0.1, -0.05) is 23.2 Å². The van der Waals surface area contributed by atoms with Crippen LogP contribution in [-0.4, -0.2) is 32.2 Å². The van der Waals surface area contributed by atoms with E-state index in [2.05, 4.69) is 10.3 Å². The van der Waals surface area contributed by atoms with Crippen LogP contribution >= 0.6 is 34.5 Å². The topological polar surface area (TPSA) is 93.5 Å². The number of amides is 1. The van der Waals surface area contributed by atoms with Gasteiger partial charge in [-0.05, 0) is 47.5 Å². The van der Waals surface area contributed by atoms with E-state index in [1.807, 2.05) is 6.07 Å². The van der Waals surface area contributed by atoms with Crippen LogP contribution in [0.4, 0.5) is 5.13 Å². The van der Waals surface area contributed by atoms with Gasteiger partial charge in [0.1, 0.15) is 11.6 Å². The molecule has 10 heteroatoms. The molecule has 0 aliphatic carbocycles. The van der Waals surface area contributed by atoms with E-state index < -0.39 is 5.91 Å². The van der Waals surface area contributed by atoms with Gasteiger partial charge in [0, 0.05) is 27.5 Å². The zero-order valence-corrected chi connectivity index (χ0v) is 20.3. The Morgan fingerprint density at radius 2 is 1.85 bits per heavy atom. The Morgan fingerprint density at radius 3 is 2.45 bits per heavy atom. The van der Waals surface area contributed by atoms with Crippen molar-refractivity contribution in [1.29, 1.82) is 5.26 Å². The predicted octanol–water partition coefficient (Wildman–Crippen LogP) is 5.61. The van der Waals surface area contributed by atoms with E-state index in [9.17, 15) is 10.1 Å². The van der Waals surface area contributed by atoms with Gasteiger partial charge < -0.3 is 14.2 Å². The molecule has 2 aromatic carbocycles. The average molecular weight is 504 g/mol. The number of carbonyl (C=O) groups excluding carboxylic acids is 1. The van der Waals surface area contributed by atoms with Crippen molar-refractivity contribution in [3.63, 3.8) is 0 Å². The SMILES string of the molecule is COc1cc(/C=C(\C#N)C(=O)Nc2ncc(Cc3cc(Cl)ccc3Cl)s2)cc(OC)c1OC. The molecule has 170 valence electrons. The Balaban J connectivity index is 1.79. The van der Waals surface area contributed by atoms with Crippen molar-refractivity contribution in [2.45, 2.75) is 6.42 Å². The minimum absolute atomic E-state index is 0.112. The van der Waals surface area contributed by atoms with Crippen LogP contribution in [0, 0.1) is 11.3 Å². The van der Waals surface area contributed by atoms with Crippen LogP contribution in [0.5, 0.6) is 17.2 Å². The fourth-order valence-electron chi connectivity index (χ4n) is 2.98. The maximum Gasteiger partial charge on any atom is 0.268 e. The second kappa shape index (κ2) is 11.1. The lowest BCUT2D eigenvalue weighted by atomic mass is 10.1. The third-order valence-corrected chi connectivity index (χ3v) is 6.03. The van der Waals surface area contributed by atoms with Crippen LogP contribution in [-0.2, 0) is 11.2 Å². The molecule has 1 heterocycles. The molecule has 0 saturated carbocycles. The van der Waals surface area contributed by atoms with Crippen molar-refractivity contribution < 1.29 is 19.0 Å². The first-order chi connectivity index (χ1) is 15.9. The number of nitriles is 1. The summed E-state index contributed by atoms with van der Waals surface area (Å²) < 4.78 is 15.9. The second-order valence-corrected chi connectivity index (χ2v) is 8.59. The van der Waals surface area contributed by atoms with Gasteiger partial charge in [-0.3, -0.25) is 10.1 Å². The summed E-state index contributed by atoms with van der Waals surface area (Å²) in [5.74, 6) is 0.637. The third kappa shape index (κ3) is 5.96. The van der Waals surface area contributed by atoms with Crippen molar-refractivity contribution in [3.8, 4) is 23.3 Å². The smallest absolute Gasteiger partial charge is 0.268 e. The summed E-state index contributed by atoms with van der Waals surface area (Å²) in [5, 5.41) is 13.7. The van der Waals surface area contributed by atoms with Crippen LogP contribution in [0.3, 0.4) is 0 Å². The number of rotatable bonds is 8. The van der Waals surface area contributed by atoms with Crippen molar-refractivity contribution in [1.82, 2.24) is 4.98 Å². The largest absolute Gasteiger partial charge is 0.493 e. The third-order valence-electron chi connectivity index (χ3n) is 4.51. The predicted molar refractivity (Wildman–Crippen MR) is 130 cm³/mol. The Kier molecular flexibility index (Phi) is 8.17. The Labute approximate surface area is 205 Å². The molecule has 1 N–H and O–H groups in total. The van der Waals surface area contributed by atoms with Crippen LogP contribution in [0.2, 0.25) is 10.0 Å². The number of benzene rings is 2. The minimum atomic E-state index is -0.590. The molecule has 0 radical (unpaired) electrons. The summed E-state index contributed by atoms with van der Waals surface area (Å²) >= 11 is 13.5. The molecule has 0 saturated heterocycles. The Bertz CT molecular complexity index is 1230. The van der Waals surface area contributed by atoms with E-state index in [1.54, 1.807) is 36.5 Å². The number of ether oxygens (including phenoxy) is 3. The number of methoxy groups -OCH3 is 3. The highest BCUT2D eigenvalue weighted by Crippen LogP contribution is 2.38. The summed E-state index contributed by atoms with van der Waals surface area (Å²) in [7, 11) is 4.46. The highest BCUT2D eigenvalue weighted by molar-refractivity contribution is 7.15. The van der Waals surface area contributed by atoms with Crippen molar-refractivity contribution in [3.05, 3.63) is 68.2 Å². The number of halogens is 2. The van der Waals surface area contributed by atoms with Gasteiger partial charge >= 0.3 is 0 Å². The monoisotopic (exact) mass is 503 g/mol. The molecule has 3 aromatic rings. The second-order valence-electron chi connectivity index (χ2n) is 6.63. The van der Waals surface area contributed by atoms with Gasteiger partial charge in [-0.25, -0.2) is 4.98 Å². The Hall–Kier alpha value is -3.25. The number of anilines is 1. The summed E-state index contributed by atoms with van der Waals surface area (Å²) in [6, 6.07) is 10.4. The van der Waals surface area contributed by atoms with Crippen LogP contribution in [0.25, 0.3) is 6.08 Å². The normalized spacial score (nSPS) is 11.0. The quantitative estimate of drug-likeness (QED) is 0.317. The van der Waals surface area contributed by atoms with Crippen molar-refractivity contribution in [2.24, 2.45) is 0 Å². The highest BCUT2D eigenvalue weighted by Gasteiger charge is 2.16. The summed E-state index contributed by atoms with van der Waals surface area (Å²) in [5.41, 5.74) is 1.27. The first-order valence-corrected chi connectivity index (χ1v) is 11.1. The average Bonchev–Trinajstić information content (AvgIpc) is 3.25. The van der Waals surface area contributed by atoms with E-state index in [1.165, 1.54) is 38.7 Å². The van der Waals surface area contributed by atoms with Gasteiger partial charge in [-0.2, -0.15) is 5.26 Å². The van der Waals surface area contributed by atoms with E-state index in [0.29, 0.717) is 44.4 Å². The lowest BCUT2D eigenvalue weighted by molar-refractivity contribution is -0.112. The van der Waals surface area contributed by atoms with Crippen LogP contribution in [0.15, 0.2) is 42.1 Å². The first-order valence-electron chi connectivity index (χ1n) is 9.50. The number of thiazole rings is 1. The standard InChI is InChI=1S/C23H19Cl2N3O4S/c1-30-19-7-13(8-20(31-2)21(19)32-3)6-15(11-26)22(29)28-23-27-12-17(33-23)10-14-9-16(24)4-5-18(14)25/h4-9,12H,10H2,1-3H3,(H,27,28,29)/b15-6+. The zero-order chi connectivity index (χ0) is 24.0. The molecule has 0 aliphatic heterocycles. The number of carbonyl (C=O) groups is 1. The zero-order valence-electron chi connectivity index (χ0n) is 17.9. The lowest BCUT2D eigenvalue weighted by Crippen LogP contribution is -2.13. The molecule has 1 amide bonds. The number of nitrogens with one attached hydrogen (secondary N) is 1. The van der Waals surface area contributed by atoms with E-state index >= 15 is 0 Å². The van der Waals surface area contributed by atoms with Gasteiger partial charge in [0.05, 0.1) is 21.3 Å². The van der Waals surface area contributed by atoms with Gasteiger partial charge in [0.2, 0.25) is 5.75 Å². The first kappa shape index (κ1) is 24.4. The summed E-state index contributed by atoms with van der Waals surface area (Å²) in [4.78, 5) is 17.8. The molecule has 0 aliphatic rings. The molecule has 0 spiro atoms. The molecular weight excluding hydrogens is 485 g/mol. The fraction of sp³-hybridized carbons (Fsp3) is 0.174. The van der Waals surface area contributed by atoms with E-state index in [4.69, 9.17) is 37.4 Å². The lowest BCUT2D eigenvalue weighted by Gasteiger charge is -2.13. The molecule has 0 unspecified atom stereocenters. The molecule has 0 bridgehead atoms. The number of hydrogen-bond acceptors (Lipinski definition) is 7. The molecule has 3 rings (SSSR count). The number of hydrogen-bond donors (Lipinski definition) is 1. The molecule has 7 nitrogen and oxygen atoms in total. The van der Waals surface area contributed by atoms with Crippen LogP contribution in [0.1, 0.15) is 16.0 Å². The molecule has 0 atom stereocenters. The fourth-order valence-corrected chi connectivity index (χ4v) is 4.19. The van der Waals surface area contributed by atoms with Gasteiger partial charge in [0.15, 0.2) is 16.6 Å². The number of aromatic nitrogens is 1. The van der Waals surface area contributed by atoms with Gasteiger partial charge in [0.25, 0.3) is 5.91 Å². The molecule has 0 fully saturated rings. The number of nitrogens with zero attached hydrogens (tertiary/aromatic N) is 2. The summed E-state index contributed by atoms with van der Waals surface area (Å²) in [6.45, 7) is 0. The van der Waals surface area contributed by atoms with E-state index in [0.717, 1.165) is 10.4 Å². The van der Waals surface area contributed by atoms with E-state index in [-0.39, 0.29) is 5.57 Å². The van der Waals surface area contributed by atoms with Crippen LogP contribution < -0.4 is 19.5 Å². The summed E-state index contributed by atoms with van der Waals surface area (Å²) in [6.07, 6.45) is 3.59. The molecule has 1 aromatic heterocycles. The maximum atomic E-state index is 12.7.